The summed E-state index contributed by atoms with van der Waals surface area (Å²) in [4.78, 5) is 10.5. The zero-order valence-electron chi connectivity index (χ0n) is 13.2. The Morgan fingerprint density at radius 3 is 2.67 bits per heavy atom. The molecule has 134 valence electrons. The molecular formula is C14H20ClN3O5S. The van der Waals surface area contributed by atoms with Crippen LogP contribution in [-0.2, 0) is 10.0 Å². The normalized spacial score (nSPS) is 24.0. The molecule has 1 N–H and O–H groups in total. The molecule has 24 heavy (non-hydrogen) atoms. The lowest BCUT2D eigenvalue weighted by atomic mass is 10.1. The lowest BCUT2D eigenvalue weighted by Gasteiger charge is -2.26. The third kappa shape index (κ3) is 3.21. The van der Waals surface area contributed by atoms with E-state index in [1.54, 1.807) is 4.31 Å². The fraction of sp³-hybridized carbons (Fsp3) is 0.571. The van der Waals surface area contributed by atoms with Gasteiger partial charge in [0, 0.05) is 24.7 Å². The molecule has 2 unspecified atom stereocenters. The molecule has 8 nitrogen and oxygen atoms in total. The summed E-state index contributed by atoms with van der Waals surface area (Å²) in [6.45, 7) is 1.41. The Balaban J connectivity index is 0.00000208. The van der Waals surface area contributed by atoms with Crippen molar-refractivity contribution in [1.29, 1.82) is 0 Å². The Morgan fingerprint density at radius 1 is 1.29 bits per heavy atom. The number of hydrogen-bond donors (Lipinski definition) is 1. The minimum absolute atomic E-state index is 0. The molecule has 2 heterocycles. The minimum Gasteiger partial charge on any atom is -0.490 e. The van der Waals surface area contributed by atoms with Crippen LogP contribution in [0.1, 0.15) is 19.3 Å². The number of nitrogens with one attached hydrogen (secondary N) is 1. The fourth-order valence-electron chi connectivity index (χ4n) is 3.43. The van der Waals surface area contributed by atoms with Crippen LogP contribution < -0.4 is 10.1 Å². The van der Waals surface area contributed by atoms with E-state index in [9.17, 15) is 18.5 Å². The zero-order chi connectivity index (χ0) is 16.6. The lowest BCUT2D eigenvalue weighted by Crippen LogP contribution is -2.42. The van der Waals surface area contributed by atoms with Crippen LogP contribution >= 0.6 is 12.4 Å². The number of halogens is 1. The maximum Gasteiger partial charge on any atom is 0.312 e. The minimum atomic E-state index is -3.77. The highest BCUT2D eigenvalue weighted by atomic mass is 35.5. The van der Waals surface area contributed by atoms with Gasteiger partial charge >= 0.3 is 5.69 Å². The van der Waals surface area contributed by atoms with Gasteiger partial charge in [-0.05, 0) is 37.9 Å². The molecule has 0 aliphatic carbocycles. The summed E-state index contributed by atoms with van der Waals surface area (Å²) in [5.74, 6) is 0.0504. The molecule has 2 saturated heterocycles. The van der Waals surface area contributed by atoms with Gasteiger partial charge in [-0.2, -0.15) is 4.31 Å². The monoisotopic (exact) mass is 377 g/mol. The molecule has 2 bridgehead atoms. The SMILES string of the molecule is COc1ccc(S(=O)(=O)N2C3CCNCC2CC3)cc1[N+](=O)[O-].Cl. The first-order chi connectivity index (χ1) is 10.9. The molecule has 1 aromatic carbocycles. The van der Waals surface area contributed by atoms with E-state index >= 15 is 0 Å². The Morgan fingerprint density at radius 2 is 2.00 bits per heavy atom. The number of sulfonamides is 1. The second-order valence-corrected chi connectivity index (χ2v) is 7.65. The molecule has 2 atom stereocenters. The predicted octanol–water partition coefficient (Wildman–Crippen LogP) is 1.54. The van der Waals surface area contributed by atoms with Crippen molar-refractivity contribution in [3.05, 3.63) is 28.3 Å². The van der Waals surface area contributed by atoms with Gasteiger partial charge in [0.05, 0.1) is 16.9 Å². The molecule has 0 amide bonds. The van der Waals surface area contributed by atoms with Gasteiger partial charge in [-0.3, -0.25) is 10.1 Å². The number of fused-ring (bicyclic) bond motifs is 2. The molecule has 3 rings (SSSR count). The van der Waals surface area contributed by atoms with Crippen molar-refractivity contribution in [3.63, 3.8) is 0 Å². The summed E-state index contributed by atoms with van der Waals surface area (Å²) in [6, 6.07) is 3.67. The van der Waals surface area contributed by atoms with Crippen molar-refractivity contribution < 1.29 is 18.1 Å². The molecule has 0 saturated carbocycles. The van der Waals surface area contributed by atoms with E-state index < -0.39 is 14.9 Å². The van der Waals surface area contributed by atoms with Gasteiger partial charge in [0.15, 0.2) is 5.75 Å². The first-order valence-electron chi connectivity index (χ1n) is 7.52. The van der Waals surface area contributed by atoms with Crippen LogP contribution in [0.25, 0.3) is 0 Å². The first-order valence-corrected chi connectivity index (χ1v) is 8.96. The highest BCUT2D eigenvalue weighted by molar-refractivity contribution is 7.89. The number of rotatable bonds is 4. The van der Waals surface area contributed by atoms with Crippen LogP contribution in [0.15, 0.2) is 23.1 Å². The highest BCUT2D eigenvalue weighted by Gasteiger charge is 2.43. The molecule has 2 aliphatic rings. The summed E-state index contributed by atoms with van der Waals surface area (Å²) in [5.41, 5.74) is -0.339. The molecule has 10 heteroatoms. The van der Waals surface area contributed by atoms with Crippen molar-refractivity contribution in [3.8, 4) is 5.75 Å². The topological polar surface area (TPSA) is 102 Å². The quantitative estimate of drug-likeness (QED) is 0.630. The van der Waals surface area contributed by atoms with E-state index in [-0.39, 0.29) is 40.8 Å². The summed E-state index contributed by atoms with van der Waals surface area (Å²) < 4.78 is 32.5. The van der Waals surface area contributed by atoms with Crippen LogP contribution in [0.4, 0.5) is 5.69 Å². The smallest absolute Gasteiger partial charge is 0.312 e. The van der Waals surface area contributed by atoms with Crippen molar-refractivity contribution in [1.82, 2.24) is 9.62 Å². The lowest BCUT2D eigenvalue weighted by molar-refractivity contribution is -0.386. The van der Waals surface area contributed by atoms with E-state index in [0.29, 0.717) is 6.54 Å². The Kier molecular flexibility index (Phi) is 5.69. The number of hydrogen-bond acceptors (Lipinski definition) is 6. The standard InChI is InChI=1S/C14H19N3O5S.ClH/c1-22-14-5-4-12(8-13(14)17(18)19)23(20,21)16-10-2-3-11(16)9-15-7-6-10;/h4-5,8,10-11,15H,2-3,6-7,9H2,1H3;1H. The van der Waals surface area contributed by atoms with Crippen molar-refractivity contribution in [2.24, 2.45) is 0 Å². The van der Waals surface area contributed by atoms with Crippen molar-refractivity contribution in [2.45, 2.75) is 36.2 Å². The molecule has 0 aromatic heterocycles. The van der Waals surface area contributed by atoms with Crippen LogP contribution in [0.3, 0.4) is 0 Å². The van der Waals surface area contributed by atoms with Crippen LogP contribution in [-0.4, -0.2) is 49.9 Å². The van der Waals surface area contributed by atoms with E-state index in [0.717, 1.165) is 31.9 Å². The maximum atomic E-state index is 13.0. The summed E-state index contributed by atoms with van der Waals surface area (Å²) in [5, 5.41) is 14.4. The van der Waals surface area contributed by atoms with E-state index in [2.05, 4.69) is 5.32 Å². The zero-order valence-corrected chi connectivity index (χ0v) is 14.8. The van der Waals surface area contributed by atoms with Crippen molar-refractivity contribution in [2.75, 3.05) is 20.2 Å². The second kappa shape index (κ2) is 7.22. The van der Waals surface area contributed by atoms with Crippen LogP contribution in [0.2, 0.25) is 0 Å². The van der Waals surface area contributed by atoms with Gasteiger partial charge in [0.1, 0.15) is 0 Å². The Labute approximate surface area is 146 Å². The average molecular weight is 378 g/mol. The summed E-state index contributed by atoms with van der Waals surface area (Å²) in [6.07, 6.45) is 2.41. The van der Waals surface area contributed by atoms with Gasteiger partial charge in [-0.25, -0.2) is 8.42 Å². The van der Waals surface area contributed by atoms with E-state index in [4.69, 9.17) is 4.74 Å². The largest absolute Gasteiger partial charge is 0.490 e. The molecule has 0 spiro atoms. The van der Waals surface area contributed by atoms with E-state index in [1.165, 1.54) is 19.2 Å². The summed E-state index contributed by atoms with van der Waals surface area (Å²) >= 11 is 0. The molecular weight excluding hydrogens is 358 g/mol. The molecule has 2 aliphatic heterocycles. The third-order valence-corrected chi connectivity index (χ3v) is 6.51. The van der Waals surface area contributed by atoms with Gasteiger partial charge in [-0.1, -0.05) is 0 Å². The maximum absolute atomic E-state index is 13.0. The van der Waals surface area contributed by atoms with Gasteiger partial charge in [0.2, 0.25) is 10.0 Å². The van der Waals surface area contributed by atoms with Gasteiger partial charge in [0.25, 0.3) is 0 Å². The van der Waals surface area contributed by atoms with Crippen molar-refractivity contribution >= 4 is 28.1 Å². The Hall–Kier alpha value is -1.42. The van der Waals surface area contributed by atoms with E-state index in [1.807, 2.05) is 0 Å². The number of benzene rings is 1. The highest BCUT2D eigenvalue weighted by Crippen LogP contribution is 2.36. The van der Waals surface area contributed by atoms with Gasteiger partial charge in [-0.15, -0.1) is 12.4 Å². The van der Waals surface area contributed by atoms with Crippen LogP contribution in [0.5, 0.6) is 5.75 Å². The summed E-state index contributed by atoms with van der Waals surface area (Å²) in [7, 11) is -2.45. The third-order valence-electron chi connectivity index (χ3n) is 4.51. The first kappa shape index (κ1) is 18.9. The number of ether oxygens (including phenoxy) is 1. The van der Waals surface area contributed by atoms with Gasteiger partial charge < -0.3 is 10.1 Å². The molecule has 2 fully saturated rings. The number of methoxy groups -OCH3 is 1. The fourth-order valence-corrected chi connectivity index (χ4v) is 5.35. The Bertz CT molecular complexity index is 713. The number of nitro groups is 1. The number of nitro benzene ring substituents is 1. The second-order valence-electron chi connectivity index (χ2n) is 5.80. The molecule has 0 radical (unpaired) electrons. The molecule has 1 aromatic rings. The predicted molar refractivity (Wildman–Crippen MR) is 90.2 cm³/mol. The average Bonchev–Trinajstić information content (AvgIpc) is 2.80. The van der Waals surface area contributed by atoms with Crippen LogP contribution in [0, 0.1) is 10.1 Å². The number of nitrogens with zero attached hydrogens (tertiary/aromatic N) is 2.